The average Bonchev–Trinajstić information content (AvgIpc) is 2.27. The van der Waals surface area contributed by atoms with Crippen LogP contribution in [0.4, 0.5) is 0 Å². The molecule has 0 heterocycles. The third-order valence-electron chi connectivity index (χ3n) is 2.72. The molecule has 0 heteroatoms. The van der Waals surface area contributed by atoms with Crippen LogP contribution in [0.2, 0.25) is 0 Å². The van der Waals surface area contributed by atoms with Crippen molar-refractivity contribution >= 4 is 11.1 Å². The summed E-state index contributed by atoms with van der Waals surface area (Å²) in [6.07, 6.45) is 2.48. The largest absolute Gasteiger partial charge is 0.0683 e. The molecule has 1 aliphatic carbocycles. The molecule has 2 rings (SSSR count). The minimum absolute atomic E-state index is 1.24. The summed E-state index contributed by atoms with van der Waals surface area (Å²) in [5, 5.41) is 2.92. The highest BCUT2D eigenvalue weighted by Gasteiger charge is 2.02. The van der Waals surface area contributed by atoms with Crippen molar-refractivity contribution in [1.82, 2.24) is 0 Å². The van der Waals surface area contributed by atoms with Gasteiger partial charge in [-0.3, -0.25) is 0 Å². The van der Waals surface area contributed by atoms with Crippen molar-refractivity contribution in [2.24, 2.45) is 0 Å². The van der Waals surface area contributed by atoms with Gasteiger partial charge in [0.2, 0.25) is 0 Å². The van der Waals surface area contributed by atoms with E-state index in [1.165, 1.54) is 34.4 Å². The van der Waals surface area contributed by atoms with Gasteiger partial charge in [-0.15, -0.1) is 0 Å². The van der Waals surface area contributed by atoms with Gasteiger partial charge < -0.3 is 0 Å². The molecular formula is C14H20. The van der Waals surface area contributed by atoms with E-state index in [0.717, 1.165) is 0 Å². The van der Waals surface area contributed by atoms with Crippen LogP contribution in [0.5, 0.6) is 0 Å². The van der Waals surface area contributed by atoms with E-state index in [1.807, 2.05) is 13.8 Å². The molecule has 0 atom stereocenters. The minimum Gasteiger partial charge on any atom is -0.0683 e. The molecule has 1 aromatic rings. The molecule has 0 bridgehead atoms. The Morgan fingerprint density at radius 2 is 1.14 bits per heavy atom. The van der Waals surface area contributed by atoms with E-state index >= 15 is 0 Å². The van der Waals surface area contributed by atoms with Crippen LogP contribution < -0.4 is 10.4 Å². The Hall–Kier alpha value is -1.04. The second-order valence-corrected chi connectivity index (χ2v) is 3.61. The number of hydrogen-bond donors (Lipinski definition) is 0. The van der Waals surface area contributed by atoms with Crippen molar-refractivity contribution < 1.29 is 0 Å². The molecule has 0 N–H and O–H groups in total. The standard InChI is InChI=1S/C12H14.C2H6/c1-9-7-8-10(2)12-6-4-3-5-11(9)12;1-2/h3-6H,7-8H2,1-2H3;1-2H3. The average molecular weight is 188 g/mol. The molecule has 0 nitrogen and oxygen atoms in total. The quantitative estimate of drug-likeness (QED) is 0.587. The van der Waals surface area contributed by atoms with Crippen molar-refractivity contribution in [3.8, 4) is 0 Å². The molecule has 0 aliphatic heterocycles. The Balaban J connectivity index is 0.000000461. The predicted octanol–water partition coefficient (Wildman–Crippen LogP) is 2.85. The maximum absolute atomic E-state index is 2.24. The van der Waals surface area contributed by atoms with Gasteiger partial charge in [0.15, 0.2) is 0 Å². The first kappa shape index (κ1) is 11.0. The molecule has 0 radical (unpaired) electrons. The summed E-state index contributed by atoms with van der Waals surface area (Å²) in [4.78, 5) is 0. The predicted molar refractivity (Wildman–Crippen MR) is 64.4 cm³/mol. The van der Waals surface area contributed by atoms with Gasteiger partial charge in [-0.25, -0.2) is 0 Å². The Labute approximate surface area is 87.0 Å². The molecule has 14 heavy (non-hydrogen) atoms. The van der Waals surface area contributed by atoms with Crippen LogP contribution >= 0.6 is 0 Å². The van der Waals surface area contributed by atoms with Crippen LogP contribution in [-0.2, 0) is 0 Å². The van der Waals surface area contributed by atoms with Crippen LogP contribution in [0, 0.1) is 0 Å². The van der Waals surface area contributed by atoms with E-state index in [9.17, 15) is 0 Å². The topological polar surface area (TPSA) is 0 Å². The molecular weight excluding hydrogens is 168 g/mol. The zero-order valence-corrected chi connectivity index (χ0v) is 9.72. The SMILES string of the molecule is CC.CC1=c2ccccc2=C(C)CC1. The van der Waals surface area contributed by atoms with E-state index in [4.69, 9.17) is 0 Å². The van der Waals surface area contributed by atoms with Gasteiger partial charge >= 0.3 is 0 Å². The number of hydrogen-bond acceptors (Lipinski definition) is 0. The Kier molecular flexibility index (Phi) is 3.94. The summed E-state index contributed by atoms with van der Waals surface area (Å²) >= 11 is 0. The van der Waals surface area contributed by atoms with Crippen LogP contribution in [0.1, 0.15) is 40.5 Å². The lowest BCUT2D eigenvalue weighted by Gasteiger charge is -2.10. The lowest BCUT2D eigenvalue weighted by Crippen LogP contribution is -2.30. The molecule has 0 unspecified atom stereocenters. The van der Waals surface area contributed by atoms with Gasteiger partial charge in [-0.2, -0.15) is 0 Å². The van der Waals surface area contributed by atoms with E-state index in [-0.39, 0.29) is 0 Å². The fourth-order valence-electron chi connectivity index (χ4n) is 1.87. The van der Waals surface area contributed by atoms with Crippen molar-refractivity contribution in [2.45, 2.75) is 40.5 Å². The van der Waals surface area contributed by atoms with Crippen LogP contribution in [0.25, 0.3) is 11.1 Å². The van der Waals surface area contributed by atoms with E-state index in [0.29, 0.717) is 0 Å². The molecule has 0 saturated heterocycles. The summed E-state index contributed by atoms with van der Waals surface area (Å²) in [7, 11) is 0. The molecule has 76 valence electrons. The first-order valence-corrected chi connectivity index (χ1v) is 5.53. The normalized spacial score (nSPS) is 14.3. The van der Waals surface area contributed by atoms with Crippen molar-refractivity contribution in [3.63, 3.8) is 0 Å². The molecule has 1 aromatic carbocycles. The Morgan fingerprint density at radius 3 is 1.50 bits per heavy atom. The maximum atomic E-state index is 2.24. The van der Waals surface area contributed by atoms with Crippen LogP contribution in [0.15, 0.2) is 24.3 Å². The third-order valence-corrected chi connectivity index (χ3v) is 2.72. The Morgan fingerprint density at radius 1 is 0.786 bits per heavy atom. The summed E-state index contributed by atoms with van der Waals surface area (Å²) in [6, 6.07) is 8.71. The number of rotatable bonds is 0. The molecule has 1 aliphatic rings. The lowest BCUT2D eigenvalue weighted by atomic mass is 9.96. The molecule has 0 fully saturated rings. The van der Waals surface area contributed by atoms with Gasteiger partial charge in [0.25, 0.3) is 0 Å². The highest BCUT2D eigenvalue weighted by molar-refractivity contribution is 5.55. The first-order valence-electron chi connectivity index (χ1n) is 5.53. The van der Waals surface area contributed by atoms with Gasteiger partial charge in [0.05, 0.1) is 0 Å². The van der Waals surface area contributed by atoms with Crippen molar-refractivity contribution in [2.75, 3.05) is 0 Å². The molecule has 0 saturated carbocycles. The zero-order chi connectivity index (χ0) is 10.6. The minimum atomic E-state index is 1.24. The maximum Gasteiger partial charge on any atom is -0.0195 e. The van der Waals surface area contributed by atoms with E-state index in [1.54, 1.807) is 0 Å². The van der Waals surface area contributed by atoms with Gasteiger partial charge in [-0.05, 0) is 37.1 Å². The lowest BCUT2D eigenvalue weighted by molar-refractivity contribution is 1.02. The molecule has 0 amide bonds. The summed E-state index contributed by atoms with van der Waals surface area (Å²) < 4.78 is 0. The number of benzene rings is 1. The zero-order valence-electron chi connectivity index (χ0n) is 9.72. The van der Waals surface area contributed by atoms with Gasteiger partial charge in [0.1, 0.15) is 0 Å². The smallest absolute Gasteiger partial charge is 0.0195 e. The van der Waals surface area contributed by atoms with Crippen LogP contribution in [0.3, 0.4) is 0 Å². The first-order chi connectivity index (χ1) is 6.79. The second-order valence-electron chi connectivity index (χ2n) is 3.61. The molecule has 0 aromatic heterocycles. The van der Waals surface area contributed by atoms with Gasteiger partial charge in [-0.1, -0.05) is 49.3 Å². The van der Waals surface area contributed by atoms with E-state index in [2.05, 4.69) is 38.1 Å². The highest BCUT2D eigenvalue weighted by Crippen LogP contribution is 2.12. The monoisotopic (exact) mass is 188 g/mol. The van der Waals surface area contributed by atoms with Crippen molar-refractivity contribution in [3.05, 3.63) is 34.7 Å². The second kappa shape index (κ2) is 4.99. The van der Waals surface area contributed by atoms with E-state index < -0.39 is 0 Å². The summed E-state index contributed by atoms with van der Waals surface area (Å²) in [5.74, 6) is 0. The number of fused-ring (bicyclic) bond motifs is 1. The summed E-state index contributed by atoms with van der Waals surface area (Å²) in [5.41, 5.74) is 3.08. The fraction of sp³-hybridized carbons (Fsp3) is 0.429. The van der Waals surface area contributed by atoms with Crippen LogP contribution in [-0.4, -0.2) is 0 Å². The highest BCUT2D eigenvalue weighted by atomic mass is 14.1. The summed E-state index contributed by atoms with van der Waals surface area (Å²) in [6.45, 7) is 8.48. The Bertz CT molecular complexity index is 369. The molecule has 0 spiro atoms. The van der Waals surface area contributed by atoms with Gasteiger partial charge in [0, 0.05) is 0 Å². The van der Waals surface area contributed by atoms with Crippen molar-refractivity contribution in [1.29, 1.82) is 0 Å². The fourth-order valence-corrected chi connectivity index (χ4v) is 1.87. The third kappa shape index (κ3) is 2.06.